The highest BCUT2D eigenvalue weighted by Gasteiger charge is 2.25. The van der Waals surface area contributed by atoms with Gasteiger partial charge in [-0.25, -0.2) is 0 Å². The van der Waals surface area contributed by atoms with Gasteiger partial charge in [0.2, 0.25) is 0 Å². The van der Waals surface area contributed by atoms with E-state index < -0.39 is 0 Å². The number of halogens is 1. The summed E-state index contributed by atoms with van der Waals surface area (Å²) in [5, 5.41) is 12.6. The molecule has 4 nitrogen and oxygen atoms in total. The number of hydrogen-bond acceptors (Lipinski definition) is 3. The Labute approximate surface area is 119 Å². The molecule has 2 atom stereocenters. The van der Waals surface area contributed by atoms with Crippen LogP contribution in [-0.2, 0) is 6.54 Å². The molecule has 1 saturated carbocycles. The van der Waals surface area contributed by atoms with Gasteiger partial charge in [0.1, 0.15) is 0 Å². The minimum absolute atomic E-state index is 0. The molecule has 1 fully saturated rings. The number of carbonyl (C=O) groups is 1. The standard InChI is InChI=1S/C14H20N2O2.ClH/c15-8-10-4-6-11(7-5-10)14(18)16-9-12-2-1-3-13(12)17;/h4-7,12-13,17H,1-3,8-9,15H2,(H,16,18);1H. The second kappa shape index (κ2) is 7.48. The van der Waals surface area contributed by atoms with Crippen LogP contribution in [0.3, 0.4) is 0 Å². The molecule has 0 aliphatic heterocycles. The topological polar surface area (TPSA) is 75.4 Å². The molecule has 1 amide bonds. The van der Waals surface area contributed by atoms with Crippen LogP contribution >= 0.6 is 12.4 Å². The fraction of sp³-hybridized carbons (Fsp3) is 0.500. The quantitative estimate of drug-likeness (QED) is 0.783. The third-order valence-electron chi connectivity index (χ3n) is 3.60. The van der Waals surface area contributed by atoms with Crippen molar-refractivity contribution in [2.75, 3.05) is 6.54 Å². The van der Waals surface area contributed by atoms with Gasteiger partial charge >= 0.3 is 0 Å². The summed E-state index contributed by atoms with van der Waals surface area (Å²) in [5.41, 5.74) is 7.15. The van der Waals surface area contributed by atoms with Gasteiger partial charge in [0.25, 0.3) is 5.91 Å². The average molecular weight is 285 g/mol. The maximum absolute atomic E-state index is 11.9. The summed E-state index contributed by atoms with van der Waals surface area (Å²) < 4.78 is 0. The fourth-order valence-electron chi connectivity index (χ4n) is 2.37. The SMILES string of the molecule is Cl.NCc1ccc(C(=O)NCC2CCCC2O)cc1. The molecule has 1 aliphatic rings. The first-order valence-corrected chi connectivity index (χ1v) is 6.46. The number of amides is 1. The Hall–Kier alpha value is -1.10. The summed E-state index contributed by atoms with van der Waals surface area (Å²) in [7, 11) is 0. The van der Waals surface area contributed by atoms with Crippen LogP contribution in [0.2, 0.25) is 0 Å². The van der Waals surface area contributed by atoms with Crippen molar-refractivity contribution in [3.8, 4) is 0 Å². The van der Waals surface area contributed by atoms with Crippen LogP contribution in [-0.4, -0.2) is 23.7 Å². The van der Waals surface area contributed by atoms with Crippen molar-refractivity contribution in [3.05, 3.63) is 35.4 Å². The first-order chi connectivity index (χ1) is 8.70. The number of aliphatic hydroxyl groups is 1. The van der Waals surface area contributed by atoms with E-state index in [2.05, 4.69) is 5.32 Å². The van der Waals surface area contributed by atoms with Gasteiger partial charge in [-0.2, -0.15) is 0 Å². The predicted octanol–water partition coefficient (Wildman–Crippen LogP) is 1.46. The zero-order valence-corrected chi connectivity index (χ0v) is 11.7. The lowest BCUT2D eigenvalue weighted by Gasteiger charge is -2.15. The van der Waals surface area contributed by atoms with E-state index in [-0.39, 0.29) is 30.3 Å². The summed E-state index contributed by atoms with van der Waals surface area (Å²) in [5.74, 6) is 0.120. The highest BCUT2D eigenvalue weighted by atomic mass is 35.5. The van der Waals surface area contributed by atoms with Crippen molar-refractivity contribution < 1.29 is 9.90 Å². The highest BCUT2D eigenvalue weighted by molar-refractivity contribution is 5.94. The number of hydrogen-bond donors (Lipinski definition) is 3. The molecule has 0 radical (unpaired) electrons. The van der Waals surface area contributed by atoms with Gasteiger partial charge in [-0.3, -0.25) is 4.79 Å². The molecule has 5 heteroatoms. The van der Waals surface area contributed by atoms with E-state index in [4.69, 9.17) is 5.73 Å². The zero-order valence-electron chi connectivity index (χ0n) is 10.8. The van der Waals surface area contributed by atoms with Crippen LogP contribution < -0.4 is 11.1 Å². The number of aliphatic hydroxyl groups excluding tert-OH is 1. The number of nitrogens with two attached hydrogens (primary N) is 1. The van der Waals surface area contributed by atoms with E-state index in [1.165, 1.54) is 0 Å². The third-order valence-corrected chi connectivity index (χ3v) is 3.60. The molecule has 106 valence electrons. The van der Waals surface area contributed by atoms with Crippen LogP contribution in [0, 0.1) is 5.92 Å². The van der Waals surface area contributed by atoms with Crippen molar-refractivity contribution in [1.82, 2.24) is 5.32 Å². The van der Waals surface area contributed by atoms with E-state index in [0.29, 0.717) is 18.7 Å². The van der Waals surface area contributed by atoms with Gasteiger partial charge in [-0.1, -0.05) is 18.6 Å². The van der Waals surface area contributed by atoms with Gasteiger partial charge in [-0.05, 0) is 30.5 Å². The largest absolute Gasteiger partial charge is 0.393 e. The first kappa shape index (κ1) is 16.0. The van der Waals surface area contributed by atoms with Crippen molar-refractivity contribution in [3.63, 3.8) is 0 Å². The fourth-order valence-corrected chi connectivity index (χ4v) is 2.37. The minimum Gasteiger partial charge on any atom is -0.393 e. The summed E-state index contributed by atoms with van der Waals surface area (Å²) in [6, 6.07) is 7.28. The lowest BCUT2D eigenvalue weighted by atomic mass is 10.1. The summed E-state index contributed by atoms with van der Waals surface area (Å²) in [6.45, 7) is 1.04. The van der Waals surface area contributed by atoms with Crippen LogP contribution in [0.15, 0.2) is 24.3 Å². The molecule has 0 heterocycles. The van der Waals surface area contributed by atoms with E-state index in [1.807, 2.05) is 12.1 Å². The van der Waals surface area contributed by atoms with Crippen molar-refractivity contribution >= 4 is 18.3 Å². The van der Waals surface area contributed by atoms with Crippen LogP contribution in [0.5, 0.6) is 0 Å². The summed E-state index contributed by atoms with van der Waals surface area (Å²) >= 11 is 0. The molecule has 0 aromatic heterocycles. The second-order valence-corrected chi connectivity index (χ2v) is 4.87. The Balaban J connectivity index is 0.00000180. The van der Waals surface area contributed by atoms with Crippen LogP contribution in [0.1, 0.15) is 35.2 Å². The van der Waals surface area contributed by atoms with Gasteiger partial charge in [-0.15, -0.1) is 12.4 Å². The molecule has 0 spiro atoms. The average Bonchev–Trinajstić information content (AvgIpc) is 2.81. The smallest absolute Gasteiger partial charge is 0.251 e. The molecule has 2 unspecified atom stereocenters. The summed E-state index contributed by atoms with van der Waals surface area (Å²) in [4.78, 5) is 11.9. The molecule has 0 saturated heterocycles. The van der Waals surface area contributed by atoms with Crippen molar-refractivity contribution in [1.29, 1.82) is 0 Å². The van der Waals surface area contributed by atoms with Gasteiger partial charge < -0.3 is 16.2 Å². The third kappa shape index (κ3) is 4.20. The number of benzene rings is 1. The number of nitrogens with one attached hydrogen (secondary N) is 1. The first-order valence-electron chi connectivity index (χ1n) is 6.46. The van der Waals surface area contributed by atoms with Crippen LogP contribution in [0.25, 0.3) is 0 Å². The maximum Gasteiger partial charge on any atom is 0.251 e. The molecule has 0 bridgehead atoms. The predicted molar refractivity (Wildman–Crippen MR) is 77.3 cm³/mol. The normalized spacial score (nSPS) is 21.8. The van der Waals surface area contributed by atoms with E-state index in [9.17, 15) is 9.90 Å². The molecule has 1 aromatic carbocycles. The molecule has 2 rings (SSSR count). The van der Waals surface area contributed by atoms with Gasteiger partial charge in [0, 0.05) is 24.6 Å². The van der Waals surface area contributed by atoms with E-state index in [1.54, 1.807) is 12.1 Å². The molecular weight excluding hydrogens is 264 g/mol. The minimum atomic E-state index is -0.259. The Morgan fingerprint density at radius 2 is 2.00 bits per heavy atom. The Bertz CT molecular complexity index is 408. The van der Waals surface area contributed by atoms with E-state index in [0.717, 1.165) is 24.8 Å². The van der Waals surface area contributed by atoms with E-state index >= 15 is 0 Å². The highest BCUT2D eigenvalue weighted by Crippen LogP contribution is 2.24. The maximum atomic E-state index is 11.9. The molecule has 4 N–H and O–H groups in total. The van der Waals surface area contributed by atoms with Crippen molar-refractivity contribution in [2.24, 2.45) is 11.7 Å². The number of carbonyl (C=O) groups excluding carboxylic acids is 1. The van der Waals surface area contributed by atoms with Crippen LogP contribution in [0.4, 0.5) is 0 Å². The molecule has 1 aliphatic carbocycles. The Morgan fingerprint density at radius 1 is 1.32 bits per heavy atom. The monoisotopic (exact) mass is 284 g/mol. The van der Waals surface area contributed by atoms with Gasteiger partial charge in [0.05, 0.1) is 6.10 Å². The van der Waals surface area contributed by atoms with Gasteiger partial charge in [0.15, 0.2) is 0 Å². The lowest BCUT2D eigenvalue weighted by molar-refractivity contribution is 0.0917. The molecular formula is C14H21ClN2O2. The lowest BCUT2D eigenvalue weighted by Crippen LogP contribution is -2.32. The zero-order chi connectivity index (χ0) is 13.0. The Morgan fingerprint density at radius 3 is 2.53 bits per heavy atom. The molecule has 19 heavy (non-hydrogen) atoms. The second-order valence-electron chi connectivity index (χ2n) is 4.87. The Kier molecular flexibility index (Phi) is 6.28. The summed E-state index contributed by atoms with van der Waals surface area (Å²) in [6.07, 6.45) is 2.64. The molecule has 1 aromatic rings. The van der Waals surface area contributed by atoms with Crippen molar-refractivity contribution in [2.45, 2.75) is 31.9 Å². The number of rotatable bonds is 4.